The Morgan fingerprint density at radius 1 is 0.895 bits per heavy atom. The maximum absolute atomic E-state index is 6.27. The van der Waals surface area contributed by atoms with Crippen molar-refractivity contribution >= 4 is 86.8 Å². The molecule has 1 aromatic carbocycles. The van der Waals surface area contributed by atoms with Gasteiger partial charge in [-0.15, -0.1) is 11.6 Å². The fourth-order valence-electron chi connectivity index (χ4n) is 1.69. The number of allylic oxidation sites excluding steroid dienone is 4. The van der Waals surface area contributed by atoms with Crippen LogP contribution >= 0.6 is 81.2 Å². The van der Waals surface area contributed by atoms with Gasteiger partial charge >= 0.3 is 0 Å². The molecule has 2 rings (SSSR count). The summed E-state index contributed by atoms with van der Waals surface area (Å²) in [6.07, 6.45) is 3.11. The maximum atomic E-state index is 6.27. The Morgan fingerprint density at radius 3 is 2.11 bits per heavy atom. The van der Waals surface area contributed by atoms with Gasteiger partial charge in [0.15, 0.2) is 4.33 Å². The second kappa shape index (κ2) is 5.85. The van der Waals surface area contributed by atoms with Crippen molar-refractivity contribution in [1.82, 2.24) is 0 Å². The van der Waals surface area contributed by atoms with Crippen LogP contribution in [0.5, 0.6) is 0 Å². The molecule has 0 nitrogen and oxygen atoms in total. The van der Waals surface area contributed by atoms with E-state index < -0.39 is 9.71 Å². The van der Waals surface area contributed by atoms with Gasteiger partial charge in [-0.3, -0.25) is 0 Å². The van der Waals surface area contributed by atoms with E-state index in [0.29, 0.717) is 31.2 Å². The lowest BCUT2D eigenvalue weighted by Crippen LogP contribution is -2.28. The summed E-state index contributed by atoms with van der Waals surface area (Å²) in [6.45, 7) is 0. The topological polar surface area (TPSA) is 0 Å². The second-order valence-electron chi connectivity index (χ2n) is 3.91. The molecule has 1 aliphatic carbocycles. The molecule has 0 bridgehead atoms. The van der Waals surface area contributed by atoms with Crippen LogP contribution in [0, 0.1) is 0 Å². The fraction of sp³-hybridized carbons (Fsp3) is 0.167. The van der Waals surface area contributed by atoms with Gasteiger partial charge in [-0.05, 0) is 35.4 Å². The molecule has 102 valence electrons. The summed E-state index contributed by atoms with van der Waals surface area (Å²) in [7, 11) is 0. The van der Waals surface area contributed by atoms with Crippen molar-refractivity contribution in [3.63, 3.8) is 0 Å². The molecule has 1 aliphatic rings. The van der Waals surface area contributed by atoms with E-state index in [0.717, 1.165) is 0 Å². The summed E-state index contributed by atoms with van der Waals surface area (Å²) in [5.41, 5.74) is 1.18. The first-order chi connectivity index (χ1) is 8.72. The summed E-state index contributed by atoms with van der Waals surface area (Å²) >= 11 is 42.5. The Bertz CT molecular complexity index is 586. The van der Waals surface area contributed by atoms with Crippen molar-refractivity contribution in [3.05, 3.63) is 49.9 Å². The molecule has 0 saturated carbocycles. The van der Waals surface area contributed by atoms with Crippen LogP contribution in [0.25, 0.3) is 5.57 Å². The summed E-state index contributed by atoms with van der Waals surface area (Å²) in [5.74, 6) is 0. The molecule has 0 aliphatic heterocycles. The minimum Gasteiger partial charge on any atom is -0.114 e. The first kappa shape index (κ1) is 16.1. The summed E-state index contributed by atoms with van der Waals surface area (Å²) < 4.78 is -1.32. The monoisotopic (exact) mass is 394 g/mol. The lowest BCUT2D eigenvalue weighted by molar-refractivity contribution is 0.982. The lowest BCUT2D eigenvalue weighted by atomic mass is 9.96. The molecule has 1 unspecified atom stereocenters. The number of benzene rings is 1. The van der Waals surface area contributed by atoms with Gasteiger partial charge in [0.05, 0.1) is 15.4 Å². The molecule has 0 spiro atoms. The quantitative estimate of drug-likeness (QED) is 0.355. The smallest absolute Gasteiger partial charge is 0.114 e. The van der Waals surface area contributed by atoms with E-state index in [-0.39, 0.29) is 0 Å². The summed E-state index contributed by atoms with van der Waals surface area (Å²) in [6, 6.07) is 3.13. The zero-order valence-corrected chi connectivity index (χ0v) is 14.3. The number of halogens is 7. The summed E-state index contributed by atoms with van der Waals surface area (Å²) in [4.78, 5) is 0. The SMILES string of the molecule is ClC1=CC(Cl)(Cl)C(Cl)C(c2cc(Cl)c(Cl)cc2Cl)=C1. The van der Waals surface area contributed by atoms with E-state index in [1.807, 2.05) is 0 Å². The Morgan fingerprint density at radius 2 is 1.47 bits per heavy atom. The third-order valence-corrected chi connectivity index (χ3v) is 5.27. The second-order valence-corrected chi connectivity index (χ2v) is 7.45. The standard InChI is InChI=1S/C12H5Cl7/c13-5-1-7(11(17)12(18,19)4-5)6-2-9(15)10(16)3-8(6)14/h1-4,11H. The van der Waals surface area contributed by atoms with E-state index in [1.54, 1.807) is 12.1 Å². The van der Waals surface area contributed by atoms with Gasteiger partial charge in [0, 0.05) is 10.1 Å². The lowest BCUT2D eigenvalue weighted by Gasteiger charge is -2.28. The van der Waals surface area contributed by atoms with Crippen LogP contribution in [0.4, 0.5) is 0 Å². The third kappa shape index (κ3) is 3.32. The Hall–Kier alpha value is 0.730. The zero-order chi connectivity index (χ0) is 14.4. The van der Waals surface area contributed by atoms with Gasteiger partial charge in [-0.1, -0.05) is 69.6 Å². The van der Waals surface area contributed by atoms with Gasteiger partial charge in [0.25, 0.3) is 0 Å². The minimum absolute atomic E-state index is 0.350. The first-order valence-corrected chi connectivity index (χ1v) is 7.69. The third-order valence-electron chi connectivity index (χ3n) is 2.56. The van der Waals surface area contributed by atoms with Crippen LogP contribution in [0.15, 0.2) is 29.3 Å². The van der Waals surface area contributed by atoms with E-state index in [2.05, 4.69) is 0 Å². The van der Waals surface area contributed by atoms with E-state index in [9.17, 15) is 0 Å². The van der Waals surface area contributed by atoms with E-state index in [4.69, 9.17) is 81.2 Å². The number of rotatable bonds is 1. The Kier molecular flexibility index (Phi) is 4.96. The van der Waals surface area contributed by atoms with E-state index in [1.165, 1.54) is 12.1 Å². The fourth-order valence-corrected chi connectivity index (χ4v) is 3.46. The minimum atomic E-state index is -1.32. The molecule has 1 aromatic rings. The van der Waals surface area contributed by atoms with Crippen molar-refractivity contribution in [2.24, 2.45) is 0 Å². The Balaban J connectivity index is 2.59. The average molecular weight is 397 g/mol. The van der Waals surface area contributed by atoms with Gasteiger partial charge in [-0.25, -0.2) is 0 Å². The Labute approximate surface area is 145 Å². The van der Waals surface area contributed by atoms with Crippen LogP contribution in [-0.2, 0) is 0 Å². The molecule has 0 aromatic heterocycles. The number of alkyl halides is 3. The highest BCUT2D eigenvalue weighted by Crippen LogP contribution is 2.46. The van der Waals surface area contributed by atoms with Crippen molar-refractivity contribution in [1.29, 1.82) is 0 Å². The molecule has 0 heterocycles. The predicted molar refractivity (Wildman–Crippen MR) is 87.5 cm³/mol. The van der Waals surface area contributed by atoms with Crippen molar-refractivity contribution in [2.75, 3.05) is 0 Å². The van der Waals surface area contributed by atoms with Crippen LogP contribution in [0.3, 0.4) is 0 Å². The van der Waals surface area contributed by atoms with Gasteiger partial charge in [0.1, 0.15) is 0 Å². The van der Waals surface area contributed by atoms with Crippen molar-refractivity contribution in [3.8, 4) is 0 Å². The largest absolute Gasteiger partial charge is 0.158 e. The molecular formula is C12H5Cl7. The molecule has 19 heavy (non-hydrogen) atoms. The molecular weight excluding hydrogens is 392 g/mol. The van der Waals surface area contributed by atoms with Gasteiger partial charge in [-0.2, -0.15) is 0 Å². The predicted octanol–water partition coefficient (Wildman–Crippen LogP) is 6.95. The molecule has 1 atom stereocenters. The van der Waals surface area contributed by atoms with Crippen LogP contribution in [0.2, 0.25) is 15.1 Å². The highest BCUT2D eigenvalue weighted by Gasteiger charge is 2.38. The highest BCUT2D eigenvalue weighted by atomic mass is 35.5. The van der Waals surface area contributed by atoms with Gasteiger partial charge < -0.3 is 0 Å². The number of hydrogen-bond donors (Lipinski definition) is 0. The average Bonchev–Trinajstić information content (AvgIpc) is 2.28. The van der Waals surface area contributed by atoms with Crippen molar-refractivity contribution < 1.29 is 0 Å². The molecule has 7 heteroatoms. The maximum Gasteiger partial charge on any atom is 0.158 e. The molecule has 0 amide bonds. The normalized spacial score (nSPS) is 21.9. The summed E-state index contributed by atoms with van der Waals surface area (Å²) in [5, 5.41) is 0.753. The zero-order valence-electron chi connectivity index (χ0n) is 9.03. The molecule has 0 saturated heterocycles. The molecule has 0 N–H and O–H groups in total. The van der Waals surface area contributed by atoms with Gasteiger partial charge in [0.2, 0.25) is 0 Å². The van der Waals surface area contributed by atoms with Crippen LogP contribution < -0.4 is 0 Å². The van der Waals surface area contributed by atoms with E-state index >= 15 is 0 Å². The van der Waals surface area contributed by atoms with Crippen LogP contribution in [0.1, 0.15) is 5.56 Å². The first-order valence-electron chi connectivity index (χ1n) is 4.99. The molecule has 0 fully saturated rings. The van der Waals surface area contributed by atoms with Crippen LogP contribution in [-0.4, -0.2) is 9.71 Å². The number of hydrogen-bond acceptors (Lipinski definition) is 0. The van der Waals surface area contributed by atoms with Crippen molar-refractivity contribution in [2.45, 2.75) is 9.71 Å². The molecule has 0 radical (unpaired) electrons. The highest BCUT2D eigenvalue weighted by molar-refractivity contribution is 6.56.